The van der Waals surface area contributed by atoms with E-state index >= 15 is 0 Å². The van der Waals surface area contributed by atoms with Crippen LogP contribution in [0.25, 0.3) is 10.8 Å². The van der Waals surface area contributed by atoms with Crippen molar-refractivity contribution in [1.82, 2.24) is 15.5 Å². The van der Waals surface area contributed by atoms with Crippen LogP contribution in [0, 0.1) is 0 Å². The minimum absolute atomic E-state index is 0.118. The van der Waals surface area contributed by atoms with E-state index < -0.39 is 29.4 Å². The Balaban J connectivity index is 2.18. The van der Waals surface area contributed by atoms with Crippen LogP contribution >= 0.6 is 0 Å². The summed E-state index contributed by atoms with van der Waals surface area (Å²) in [5.41, 5.74) is -0.173. The van der Waals surface area contributed by atoms with E-state index in [1.165, 1.54) is 19.3 Å². The molecule has 240 valence electrons. The molecule has 2 aromatic carbocycles. The predicted molar refractivity (Wildman–Crippen MR) is 174 cm³/mol. The third-order valence-electron chi connectivity index (χ3n) is 6.91. The SMILES string of the molecule is CCCCCCCCN(Cc1cccc2ccccc12)C(=O)C(CCCCNC(=O)OC(C)(C)C)NC(=O)OC(C)(C)C. The van der Waals surface area contributed by atoms with Crippen LogP contribution in [0.1, 0.15) is 112 Å². The van der Waals surface area contributed by atoms with E-state index in [0.717, 1.165) is 35.6 Å². The number of unbranched alkanes of at least 4 members (excludes halogenated alkanes) is 6. The number of nitrogens with zero attached hydrogens (tertiary/aromatic N) is 1. The molecule has 0 aliphatic heterocycles. The fourth-order valence-corrected chi connectivity index (χ4v) is 4.89. The van der Waals surface area contributed by atoms with Gasteiger partial charge in [0.15, 0.2) is 0 Å². The topological polar surface area (TPSA) is 97.0 Å². The number of hydrogen-bond acceptors (Lipinski definition) is 5. The lowest BCUT2D eigenvalue weighted by molar-refractivity contribution is -0.134. The lowest BCUT2D eigenvalue weighted by Crippen LogP contribution is -2.49. The highest BCUT2D eigenvalue weighted by Crippen LogP contribution is 2.22. The molecule has 0 spiro atoms. The first-order valence-electron chi connectivity index (χ1n) is 16.0. The van der Waals surface area contributed by atoms with Crippen molar-refractivity contribution in [2.45, 2.75) is 130 Å². The smallest absolute Gasteiger partial charge is 0.408 e. The first kappa shape index (κ1) is 35.9. The Bertz CT molecular complexity index is 1150. The summed E-state index contributed by atoms with van der Waals surface area (Å²) in [5.74, 6) is -0.118. The molecule has 0 aliphatic rings. The molecule has 3 amide bonds. The normalized spacial score (nSPS) is 12.4. The number of nitrogens with one attached hydrogen (secondary N) is 2. The molecule has 1 atom stereocenters. The van der Waals surface area contributed by atoms with Gasteiger partial charge in [-0.05, 0) is 83.6 Å². The van der Waals surface area contributed by atoms with E-state index in [1.54, 1.807) is 20.8 Å². The van der Waals surface area contributed by atoms with E-state index in [0.29, 0.717) is 38.9 Å². The second-order valence-electron chi connectivity index (χ2n) is 13.3. The molecule has 0 saturated carbocycles. The van der Waals surface area contributed by atoms with Crippen LogP contribution in [-0.4, -0.2) is 53.3 Å². The predicted octanol–water partition coefficient (Wildman–Crippen LogP) is 8.12. The van der Waals surface area contributed by atoms with Gasteiger partial charge in [0, 0.05) is 19.6 Å². The summed E-state index contributed by atoms with van der Waals surface area (Å²) in [6.07, 6.45) is 7.34. The van der Waals surface area contributed by atoms with Gasteiger partial charge in [-0.3, -0.25) is 4.79 Å². The van der Waals surface area contributed by atoms with Gasteiger partial charge in [0.1, 0.15) is 17.2 Å². The van der Waals surface area contributed by atoms with Gasteiger partial charge < -0.3 is 25.0 Å². The average Bonchev–Trinajstić information content (AvgIpc) is 2.91. The fraction of sp³-hybridized carbons (Fsp3) is 0.629. The summed E-state index contributed by atoms with van der Waals surface area (Å²) in [7, 11) is 0. The Kier molecular flexibility index (Phi) is 14.8. The number of carbonyl (C=O) groups is 3. The number of rotatable bonds is 16. The van der Waals surface area contributed by atoms with E-state index in [9.17, 15) is 14.4 Å². The molecule has 1 unspecified atom stereocenters. The van der Waals surface area contributed by atoms with Gasteiger partial charge in [-0.15, -0.1) is 0 Å². The summed E-state index contributed by atoms with van der Waals surface area (Å²) >= 11 is 0. The number of benzene rings is 2. The van der Waals surface area contributed by atoms with Gasteiger partial charge in [0.25, 0.3) is 0 Å². The summed E-state index contributed by atoms with van der Waals surface area (Å²) in [5, 5.41) is 7.88. The van der Waals surface area contributed by atoms with Gasteiger partial charge in [0.2, 0.25) is 5.91 Å². The molecule has 2 aromatic rings. The molecule has 2 N–H and O–H groups in total. The highest BCUT2D eigenvalue weighted by molar-refractivity contribution is 5.88. The molecule has 0 aromatic heterocycles. The summed E-state index contributed by atoms with van der Waals surface area (Å²) in [4.78, 5) is 40.9. The molecular weight excluding hydrogens is 542 g/mol. The van der Waals surface area contributed by atoms with E-state index in [2.05, 4.69) is 41.8 Å². The molecule has 8 heteroatoms. The monoisotopic (exact) mass is 597 g/mol. The second-order valence-corrected chi connectivity index (χ2v) is 13.3. The van der Waals surface area contributed by atoms with Crippen molar-refractivity contribution < 1.29 is 23.9 Å². The van der Waals surface area contributed by atoms with Crippen LogP contribution in [-0.2, 0) is 20.8 Å². The third kappa shape index (κ3) is 14.6. The number of carbonyl (C=O) groups excluding carboxylic acids is 3. The lowest BCUT2D eigenvalue weighted by Gasteiger charge is -2.29. The van der Waals surface area contributed by atoms with Gasteiger partial charge in [0.05, 0.1) is 0 Å². The number of fused-ring (bicyclic) bond motifs is 1. The number of alkyl carbamates (subject to hydrolysis) is 2. The Morgan fingerprint density at radius 2 is 1.40 bits per heavy atom. The standard InChI is InChI=1S/C35H55N3O5/c1-8-9-10-11-12-17-25-38(26-28-21-18-20-27-19-13-14-22-29(27)28)31(39)30(37-33(41)43-35(5,6)7)23-15-16-24-36-32(40)42-34(2,3)4/h13-14,18-22,30H,8-12,15-17,23-26H2,1-7H3,(H,36,40)(H,37,41). The van der Waals surface area contributed by atoms with Crippen molar-refractivity contribution in [3.8, 4) is 0 Å². The lowest BCUT2D eigenvalue weighted by atomic mass is 10.0. The first-order valence-corrected chi connectivity index (χ1v) is 16.0. The van der Waals surface area contributed by atoms with Crippen molar-refractivity contribution in [3.63, 3.8) is 0 Å². The molecule has 0 radical (unpaired) electrons. The van der Waals surface area contributed by atoms with Crippen molar-refractivity contribution >= 4 is 28.9 Å². The quantitative estimate of drug-likeness (QED) is 0.191. The molecule has 0 heterocycles. The maximum absolute atomic E-state index is 14.1. The Labute approximate surface area is 259 Å². The largest absolute Gasteiger partial charge is 0.444 e. The van der Waals surface area contributed by atoms with Crippen LogP contribution in [0.15, 0.2) is 42.5 Å². The van der Waals surface area contributed by atoms with Crippen LogP contribution in [0.4, 0.5) is 9.59 Å². The Morgan fingerprint density at radius 3 is 2.09 bits per heavy atom. The molecule has 0 bridgehead atoms. The number of amides is 3. The number of ether oxygens (including phenoxy) is 2. The Morgan fingerprint density at radius 1 is 0.767 bits per heavy atom. The summed E-state index contributed by atoms with van der Waals surface area (Å²) in [6, 6.07) is 13.6. The van der Waals surface area contributed by atoms with Crippen molar-refractivity contribution in [2.75, 3.05) is 13.1 Å². The maximum Gasteiger partial charge on any atom is 0.408 e. The van der Waals surface area contributed by atoms with Crippen molar-refractivity contribution in [3.05, 3.63) is 48.0 Å². The second kappa shape index (κ2) is 17.7. The highest BCUT2D eigenvalue weighted by Gasteiger charge is 2.28. The maximum atomic E-state index is 14.1. The van der Waals surface area contributed by atoms with E-state index in [1.807, 2.05) is 43.9 Å². The van der Waals surface area contributed by atoms with E-state index in [-0.39, 0.29) is 5.91 Å². The van der Waals surface area contributed by atoms with Crippen LogP contribution in [0.5, 0.6) is 0 Å². The first-order chi connectivity index (χ1) is 20.3. The zero-order valence-corrected chi connectivity index (χ0v) is 27.6. The van der Waals surface area contributed by atoms with Gasteiger partial charge in [-0.2, -0.15) is 0 Å². The Hall–Kier alpha value is -3.29. The summed E-state index contributed by atoms with van der Waals surface area (Å²) in [6.45, 7) is 14.6. The van der Waals surface area contributed by atoms with Crippen LogP contribution in [0.2, 0.25) is 0 Å². The highest BCUT2D eigenvalue weighted by atomic mass is 16.6. The average molecular weight is 598 g/mol. The van der Waals surface area contributed by atoms with Gasteiger partial charge in [-0.1, -0.05) is 81.5 Å². The molecule has 8 nitrogen and oxygen atoms in total. The summed E-state index contributed by atoms with van der Waals surface area (Å²) < 4.78 is 10.8. The van der Waals surface area contributed by atoms with Gasteiger partial charge >= 0.3 is 12.2 Å². The molecule has 2 rings (SSSR count). The van der Waals surface area contributed by atoms with Crippen molar-refractivity contribution in [1.29, 1.82) is 0 Å². The fourth-order valence-electron chi connectivity index (χ4n) is 4.89. The minimum atomic E-state index is -0.744. The van der Waals surface area contributed by atoms with Crippen molar-refractivity contribution in [2.24, 2.45) is 0 Å². The van der Waals surface area contributed by atoms with Crippen LogP contribution in [0.3, 0.4) is 0 Å². The third-order valence-corrected chi connectivity index (χ3v) is 6.91. The molecule has 0 aliphatic carbocycles. The molecule has 0 fully saturated rings. The van der Waals surface area contributed by atoms with E-state index in [4.69, 9.17) is 9.47 Å². The zero-order chi connectivity index (χ0) is 31.9. The minimum Gasteiger partial charge on any atom is -0.444 e. The molecular formula is C35H55N3O5. The van der Waals surface area contributed by atoms with Gasteiger partial charge in [-0.25, -0.2) is 9.59 Å². The van der Waals surface area contributed by atoms with Crippen LogP contribution < -0.4 is 10.6 Å². The zero-order valence-electron chi connectivity index (χ0n) is 27.6. The molecule has 0 saturated heterocycles. The number of hydrogen-bond donors (Lipinski definition) is 2. The molecule has 43 heavy (non-hydrogen) atoms.